The maximum atomic E-state index is 2.45. The van der Waals surface area contributed by atoms with E-state index in [4.69, 9.17) is 0 Å². The summed E-state index contributed by atoms with van der Waals surface area (Å²) < 4.78 is 4.90. The fourth-order valence-corrected chi connectivity index (χ4v) is 20.4. The zero-order valence-electron chi connectivity index (χ0n) is 16.3. The van der Waals surface area contributed by atoms with Crippen LogP contribution in [0.15, 0.2) is 91.0 Å². The molecule has 0 amide bonds. The van der Waals surface area contributed by atoms with E-state index < -0.39 is 12.5 Å². The van der Waals surface area contributed by atoms with Crippen molar-refractivity contribution in [2.75, 3.05) is 0 Å². The van der Waals surface area contributed by atoms with Crippen LogP contribution < -0.4 is 13.1 Å². The van der Waals surface area contributed by atoms with E-state index in [0.29, 0.717) is 0 Å². The zero-order chi connectivity index (χ0) is 18.4. The Labute approximate surface area is 165 Å². The number of hydrogen-bond donors (Lipinski definition) is 0. The first-order chi connectivity index (χ1) is 13.4. The Hall–Kier alpha value is -1.78. The molecule has 0 saturated carbocycles. The van der Waals surface area contributed by atoms with Crippen LogP contribution in [0, 0.1) is 0 Å². The van der Waals surface area contributed by atoms with Crippen LogP contribution in [0.1, 0.15) is 38.5 Å². The Morgan fingerprint density at radius 2 is 0.667 bits per heavy atom. The van der Waals surface area contributed by atoms with Crippen LogP contribution in [-0.2, 0) is 0 Å². The first kappa shape index (κ1) is 18.6. The van der Waals surface area contributed by atoms with Gasteiger partial charge in [0.05, 0.1) is 0 Å². The van der Waals surface area contributed by atoms with E-state index >= 15 is 0 Å². The molecule has 27 heavy (non-hydrogen) atoms. The van der Waals surface area contributed by atoms with Crippen LogP contribution in [0.2, 0.25) is 10.4 Å². The Balaban J connectivity index is 2.08. The topological polar surface area (TPSA) is 0 Å². The predicted octanol–water partition coefficient (Wildman–Crippen LogP) is 5.47. The van der Waals surface area contributed by atoms with Gasteiger partial charge in [-0.2, -0.15) is 0 Å². The molecule has 4 rings (SSSR count). The van der Waals surface area contributed by atoms with Crippen molar-refractivity contribution < 1.29 is 0 Å². The molecule has 1 heteroatoms. The van der Waals surface area contributed by atoms with Gasteiger partial charge in [-0.05, 0) is 0 Å². The Bertz CT molecular complexity index is 726. The molecule has 1 aliphatic heterocycles. The van der Waals surface area contributed by atoms with Gasteiger partial charge in [0.25, 0.3) is 0 Å². The van der Waals surface area contributed by atoms with Crippen LogP contribution in [-0.4, -0.2) is 12.5 Å². The Morgan fingerprint density at radius 3 is 1.00 bits per heavy atom. The van der Waals surface area contributed by atoms with Crippen molar-refractivity contribution in [1.29, 1.82) is 0 Å². The number of rotatable bonds is 3. The molecule has 1 heterocycles. The third kappa shape index (κ3) is 3.19. The molecule has 0 unspecified atom stereocenters. The van der Waals surface area contributed by atoms with Gasteiger partial charge in [0.15, 0.2) is 0 Å². The minimum atomic E-state index is -3.24. The molecule has 0 nitrogen and oxygen atoms in total. The van der Waals surface area contributed by atoms with Crippen LogP contribution in [0.4, 0.5) is 0 Å². The molecule has 140 valence electrons. The first-order valence-electron chi connectivity index (χ1n) is 10.5. The van der Waals surface area contributed by atoms with Gasteiger partial charge in [-0.15, -0.1) is 0 Å². The van der Waals surface area contributed by atoms with Gasteiger partial charge in [-0.25, -0.2) is 0 Å². The van der Waals surface area contributed by atoms with E-state index in [1.807, 2.05) is 0 Å². The van der Waals surface area contributed by atoms with Crippen molar-refractivity contribution in [3.8, 4) is 0 Å². The normalized spacial score (nSPS) is 21.0. The average molecular weight is 418 g/mol. The fraction of sp³-hybridized carbons (Fsp3) is 0.308. The maximum absolute atomic E-state index is 3.24. The molecule has 1 saturated heterocycles. The van der Waals surface area contributed by atoms with E-state index in [2.05, 4.69) is 91.0 Å². The number of hydrogen-bond acceptors (Lipinski definition) is 0. The standard InChI is InChI=1S/C26H31As/c1-2-4-15-23-27(22-14-3-1,24-16-8-5-9-17-24,25-18-10-6-11-19-25)26-20-12-7-13-21-26/h5-13,16-21H,1-4,14-15,22-23H2. The molecule has 0 N–H and O–H groups in total. The minimum absolute atomic E-state index is 1.35. The van der Waals surface area contributed by atoms with E-state index in [-0.39, 0.29) is 0 Å². The van der Waals surface area contributed by atoms with Gasteiger partial charge in [-0.1, -0.05) is 0 Å². The molecule has 1 fully saturated rings. The molecule has 1 aliphatic rings. The molecule has 3 aromatic rings. The van der Waals surface area contributed by atoms with Crippen LogP contribution in [0.5, 0.6) is 0 Å². The summed E-state index contributed by atoms with van der Waals surface area (Å²) in [6.07, 6.45) is 8.26. The van der Waals surface area contributed by atoms with Gasteiger partial charge in [0.1, 0.15) is 0 Å². The van der Waals surface area contributed by atoms with Crippen molar-refractivity contribution in [2.24, 2.45) is 0 Å². The monoisotopic (exact) mass is 418 g/mol. The summed E-state index contributed by atoms with van der Waals surface area (Å²) in [6, 6.07) is 34.8. The summed E-state index contributed by atoms with van der Waals surface area (Å²) in [5.41, 5.74) is 0. The number of benzene rings is 3. The van der Waals surface area contributed by atoms with Crippen molar-refractivity contribution in [3.63, 3.8) is 0 Å². The van der Waals surface area contributed by atoms with Crippen molar-refractivity contribution >= 4 is 25.5 Å². The third-order valence-electron chi connectivity index (χ3n) is 6.69. The van der Waals surface area contributed by atoms with E-state index in [0.717, 1.165) is 0 Å². The van der Waals surface area contributed by atoms with Gasteiger partial charge >= 0.3 is 165 Å². The molecule has 3 aromatic carbocycles. The first-order valence-corrected chi connectivity index (χ1v) is 16.0. The molecule has 0 atom stereocenters. The summed E-state index contributed by atoms with van der Waals surface area (Å²) in [4.78, 5) is 0. The second-order valence-corrected chi connectivity index (χ2v) is 19.5. The predicted molar refractivity (Wildman–Crippen MR) is 121 cm³/mol. The van der Waals surface area contributed by atoms with Crippen molar-refractivity contribution in [2.45, 2.75) is 48.9 Å². The fourth-order valence-electron chi connectivity index (χ4n) is 5.33. The van der Waals surface area contributed by atoms with Gasteiger partial charge in [0.2, 0.25) is 0 Å². The van der Waals surface area contributed by atoms with Gasteiger partial charge in [0, 0.05) is 0 Å². The average Bonchev–Trinajstić information content (AvgIpc) is 2.88. The molecular weight excluding hydrogens is 387 g/mol. The molecular formula is C26H31As. The zero-order valence-corrected chi connectivity index (χ0v) is 18.1. The van der Waals surface area contributed by atoms with E-state index in [1.165, 1.54) is 48.9 Å². The second kappa shape index (κ2) is 8.07. The second-order valence-electron chi connectivity index (χ2n) is 8.08. The van der Waals surface area contributed by atoms with Crippen molar-refractivity contribution in [1.82, 2.24) is 0 Å². The van der Waals surface area contributed by atoms with Crippen LogP contribution in [0.25, 0.3) is 0 Å². The van der Waals surface area contributed by atoms with Crippen molar-refractivity contribution in [3.05, 3.63) is 91.0 Å². The third-order valence-corrected chi connectivity index (χ3v) is 21.9. The van der Waals surface area contributed by atoms with E-state index in [1.54, 1.807) is 13.1 Å². The quantitative estimate of drug-likeness (QED) is 0.495. The summed E-state index contributed by atoms with van der Waals surface area (Å²) in [5.74, 6) is 0. The van der Waals surface area contributed by atoms with Gasteiger partial charge in [-0.3, -0.25) is 0 Å². The molecule has 0 radical (unpaired) electrons. The molecule has 0 spiro atoms. The van der Waals surface area contributed by atoms with Gasteiger partial charge < -0.3 is 0 Å². The Morgan fingerprint density at radius 1 is 0.370 bits per heavy atom. The Kier molecular flexibility index (Phi) is 5.55. The summed E-state index contributed by atoms with van der Waals surface area (Å²) in [7, 11) is 0. The van der Waals surface area contributed by atoms with Crippen LogP contribution >= 0.6 is 0 Å². The summed E-state index contributed by atoms with van der Waals surface area (Å²) in [5, 5.41) is 2.72. The summed E-state index contributed by atoms with van der Waals surface area (Å²) >= 11 is -3.24. The molecule has 0 bridgehead atoms. The summed E-state index contributed by atoms with van der Waals surface area (Å²) in [6.45, 7) is 0. The molecule has 0 aromatic heterocycles. The van der Waals surface area contributed by atoms with E-state index in [9.17, 15) is 0 Å². The SMILES string of the molecule is c1ccc([As]2(c3ccccc3)(c3ccccc3)CCCCCCCC2)cc1. The molecule has 0 aliphatic carbocycles. The van der Waals surface area contributed by atoms with Crippen LogP contribution in [0.3, 0.4) is 0 Å².